The molecule has 1 saturated carbocycles. The molecule has 0 aromatic carbocycles. The third-order valence-corrected chi connectivity index (χ3v) is 4.30. The zero-order valence-electron chi connectivity index (χ0n) is 10.0. The third kappa shape index (κ3) is 3.66. The Labute approximate surface area is 101 Å². The molecule has 0 atom stereocenters. The Kier molecular flexibility index (Phi) is 3.33. The number of methoxy groups -OCH3 is 1. The molecule has 1 aromatic heterocycles. The number of ether oxygens (including phenoxy) is 1. The van der Waals surface area contributed by atoms with Crippen molar-refractivity contribution in [3.63, 3.8) is 0 Å². The normalized spacial score (nSPS) is 15.9. The van der Waals surface area contributed by atoms with E-state index in [9.17, 15) is 8.42 Å². The molecule has 0 aliphatic heterocycles. The van der Waals surface area contributed by atoms with Gasteiger partial charge >= 0.3 is 0 Å². The largest absolute Gasteiger partial charge is 0.481 e. The van der Waals surface area contributed by atoms with E-state index in [1.54, 1.807) is 13.0 Å². The minimum atomic E-state index is -3.09. The van der Waals surface area contributed by atoms with Crippen molar-refractivity contribution >= 4 is 9.84 Å². The summed E-state index contributed by atoms with van der Waals surface area (Å²) >= 11 is 0. The fourth-order valence-corrected chi connectivity index (χ4v) is 3.36. The fourth-order valence-electron chi connectivity index (χ4n) is 1.67. The number of aryl methyl sites for hydroxylation is 1. The van der Waals surface area contributed by atoms with Crippen LogP contribution in [0.5, 0.6) is 5.88 Å². The van der Waals surface area contributed by atoms with Gasteiger partial charge in [0.1, 0.15) is 11.6 Å². The molecule has 2 rings (SSSR count). The van der Waals surface area contributed by atoms with E-state index in [-0.39, 0.29) is 11.5 Å². The van der Waals surface area contributed by atoms with Crippen molar-refractivity contribution in [3.05, 3.63) is 17.6 Å². The molecular weight excluding hydrogens is 240 g/mol. The number of hydrogen-bond acceptors (Lipinski definition) is 5. The highest BCUT2D eigenvalue weighted by molar-refractivity contribution is 7.90. The monoisotopic (exact) mass is 256 g/mol. The summed E-state index contributed by atoms with van der Waals surface area (Å²) in [7, 11) is -1.59. The van der Waals surface area contributed by atoms with E-state index in [0.29, 0.717) is 23.3 Å². The minimum absolute atomic E-state index is 0.0957. The lowest BCUT2D eigenvalue weighted by Crippen LogP contribution is -2.13. The molecular formula is C11H16N2O3S. The molecule has 0 amide bonds. The minimum Gasteiger partial charge on any atom is -0.481 e. The highest BCUT2D eigenvalue weighted by Gasteiger charge is 2.28. The first-order chi connectivity index (χ1) is 7.98. The van der Waals surface area contributed by atoms with Crippen molar-refractivity contribution in [1.29, 1.82) is 0 Å². The standard InChI is InChI=1S/C11H16N2O3S/c1-8-5-11(16-2)13-10(12-8)7-17(14,15)6-9-3-4-9/h5,9H,3-4,6-7H2,1-2H3. The van der Waals surface area contributed by atoms with E-state index >= 15 is 0 Å². The topological polar surface area (TPSA) is 69.2 Å². The Morgan fingerprint density at radius 1 is 1.41 bits per heavy atom. The molecule has 0 spiro atoms. The Bertz CT molecular complexity index is 509. The van der Waals surface area contributed by atoms with Crippen LogP contribution in [0.3, 0.4) is 0 Å². The maximum absolute atomic E-state index is 11.8. The highest BCUT2D eigenvalue weighted by atomic mass is 32.2. The van der Waals surface area contributed by atoms with Crippen LogP contribution in [0.15, 0.2) is 6.07 Å². The first kappa shape index (κ1) is 12.3. The van der Waals surface area contributed by atoms with Gasteiger partial charge in [-0.1, -0.05) is 0 Å². The molecule has 0 saturated heterocycles. The van der Waals surface area contributed by atoms with Crippen LogP contribution in [-0.2, 0) is 15.6 Å². The van der Waals surface area contributed by atoms with Crippen LogP contribution in [0.4, 0.5) is 0 Å². The summed E-state index contributed by atoms with van der Waals surface area (Å²) in [6.07, 6.45) is 2.05. The number of aromatic nitrogens is 2. The van der Waals surface area contributed by atoms with E-state index < -0.39 is 9.84 Å². The van der Waals surface area contributed by atoms with Gasteiger partial charge in [-0.2, -0.15) is 4.98 Å². The molecule has 0 radical (unpaired) electrons. The van der Waals surface area contributed by atoms with E-state index in [0.717, 1.165) is 12.8 Å². The van der Waals surface area contributed by atoms with Crippen LogP contribution < -0.4 is 4.74 Å². The van der Waals surface area contributed by atoms with Crippen molar-refractivity contribution in [2.75, 3.05) is 12.9 Å². The lowest BCUT2D eigenvalue weighted by molar-refractivity contribution is 0.394. The van der Waals surface area contributed by atoms with Gasteiger partial charge in [-0.3, -0.25) is 0 Å². The van der Waals surface area contributed by atoms with Gasteiger partial charge in [0, 0.05) is 11.8 Å². The third-order valence-electron chi connectivity index (χ3n) is 2.62. The Morgan fingerprint density at radius 3 is 2.71 bits per heavy atom. The van der Waals surface area contributed by atoms with Crippen molar-refractivity contribution in [3.8, 4) is 5.88 Å². The maximum atomic E-state index is 11.8. The van der Waals surface area contributed by atoms with Crippen molar-refractivity contribution < 1.29 is 13.2 Å². The molecule has 94 valence electrons. The van der Waals surface area contributed by atoms with Crippen LogP contribution in [-0.4, -0.2) is 31.2 Å². The summed E-state index contributed by atoms with van der Waals surface area (Å²) in [5.41, 5.74) is 0.716. The molecule has 5 nitrogen and oxygen atoms in total. The zero-order valence-corrected chi connectivity index (χ0v) is 10.8. The number of hydrogen-bond donors (Lipinski definition) is 0. The highest BCUT2D eigenvalue weighted by Crippen LogP contribution is 2.31. The smallest absolute Gasteiger partial charge is 0.216 e. The van der Waals surface area contributed by atoms with Gasteiger partial charge in [0.2, 0.25) is 5.88 Å². The average Bonchev–Trinajstić information content (AvgIpc) is 2.98. The Hall–Kier alpha value is -1.17. The molecule has 1 aliphatic carbocycles. The molecule has 1 aliphatic rings. The van der Waals surface area contributed by atoms with Crippen LogP contribution in [0, 0.1) is 12.8 Å². The molecule has 1 heterocycles. The SMILES string of the molecule is COc1cc(C)nc(CS(=O)(=O)CC2CC2)n1. The van der Waals surface area contributed by atoms with Crippen LogP contribution in [0.2, 0.25) is 0 Å². The molecule has 17 heavy (non-hydrogen) atoms. The molecule has 1 aromatic rings. The lowest BCUT2D eigenvalue weighted by atomic mass is 10.4. The fraction of sp³-hybridized carbons (Fsp3) is 0.636. The Balaban J connectivity index is 2.14. The van der Waals surface area contributed by atoms with Crippen LogP contribution in [0.1, 0.15) is 24.4 Å². The van der Waals surface area contributed by atoms with E-state index in [1.807, 2.05) is 0 Å². The van der Waals surface area contributed by atoms with E-state index in [4.69, 9.17) is 4.74 Å². The van der Waals surface area contributed by atoms with Crippen molar-refractivity contribution in [1.82, 2.24) is 9.97 Å². The summed E-state index contributed by atoms with van der Waals surface area (Å²) in [4.78, 5) is 8.18. The van der Waals surface area contributed by atoms with Crippen LogP contribution >= 0.6 is 0 Å². The first-order valence-corrected chi connectivity index (χ1v) is 7.39. The second-order valence-corrected chi connectivity index (χ2v) is 6.58. The summed E-state index contributed by atoms with van der Waals surface area (Å²) in [6.45, 7) is 1.79. The van der Waals surface area contributed by atoms with Crippen LogP contribution in [0.25, 0.3) is 0 Å². The van der Waals surface area contributed by atoms with Crippen molar-refractivity contribution in [2.45, 2.75) is 25.5 Å². The van der Waals surface area contributed by atoms with Gasteiger partial charge in [-0.25, -0.2) is 13.4 Å². The zero-order chi connectivity index (χ0) is 12.5. The van der Waals surface area contributed by atoms with Gasteiger partial charge < -0.3 is 4.74 Å². The summed E-state index contributed by atoms with van der Waals surface area (Å²) in [5.74, 6) is 1.25. The van der Waals surface area contributed by atoms with E-state index in [2.05, 4.69) is 9.97 Å². The van der Waals surface area contributed by atoms with Gasteiger partial charge in [-0.05, 0) is 25.7 Å². The summed E-state index contributed by atoms with van der Waals surface area (Å²) < 4.78 is 28.7. The lowest BCUT2D eigenvalue weighted by Gasteiger charge is -2.05. The predicted molar refractivity (Wildman–Crippen MR) is 63.5 cm³/mol. The van der Waals surface area contributed by atoms with Gasteiger partial charge in [0.15, 0.2) is 9.84 Å². The molecule has 1 fully saturated rings. The summed E-state index contributed by atoms with van der Waals surface area (Å²) in [5, 5.41) is 0. The Morgan fingerprint density at radius 2 is 2.12 bits per heavy atom. The predicted octanol–water partition coefficient (Wildman–Crippen LogP) is 1.12. The molecule has 0 bridgehead atoms. The number of rotatable bonds is 5. The second-order valence-electron chi connectivity index (χ2n) is 4.47. The number of sulfone groups is 1. The molecule has 6 heteroatoms. The van der Waals surface area contributed by atoms with E-state index in [1.165, 1.54) is 7.11 Å². The average molecular weight is 256 g/mol. The van der Waals surface area contributed by atoms with Gasteiger partial charge in [0.25, 0.3) is 0 Å². The van der Waals surface area contributed by atoms with Gasteiger partial charge in [-0.15, -0.1) is 0 Å². The van der Waals surface area contributed by atoms with Gasteiger partial charge in [0.05, 0.1) is 12.9 Å². The maximum Gasteiger partial charge on any atom is 0.216 e. The van der Waals surface area contributed by atoms with Crippen molar-refractivity contribution in [2.24, 2.45) is 5.92 Å². The number of nitrogens with zero attached hydrogens (tertiary/aromatic N) is 2. The second kappa shape index (κ2) is 4.60. The molecule has 0 N–H and O–H groups in total. The first-order valence-electron chi connectivity index (χ1n) is 5.57. The summed E-state index contributed by atoms with van der Waals surface area (Å²) in [6, 6.07) is 1.68. The molecule has 0 unspecified atom stereocenters. The quantitative estimate of drug-likeness (QED) is 0.789.